The normalized spacial score (nSPS) is 16.4. The fourth-order valence-corrected chi connectivity index (χ4v) is 3.54. The highest BCUT2D eigenvalue weighted by molar-refractivity contribution is 7.84. The topological polar surface area (TPSA) is 66.5 Å². The van der Waals surface area contributed by atoms with Gasteiger partial charge in [0.2, 0.25) is 5.91 Å². The van der Waals surface area contributed by atoms with E-state index in [-0.39, 0.29) is 17.9 Å². The summed E-state index contributed by atoms with van der Waals surface area (Å²) < 4.78 is 11.4. The number of nitrogens with one attached hydrogen (secondary N) is 1. The average molecular weight is 370 g/mol. The van der Waals surface area contributed by atoms with Crippen LogP contribution in [0.25, 0.3) is 0 Å². The van der Waals surface area contributed by atoms with Gasteiger partial charge in [-0.1, -0.05) is 12.1 Å². The molecule has 0 aliphatic carbocycles. The molecule has 2 aromatic carbocycles. The Bertz CT molecular complexity index is 831. The standard InChI is InChI=1S/C20H22N2O3S/c1-14(21-20(24)16-7-11-18(12-8-16)26(2)25)15-5-9-17(10-6-15)22-13-3-4-19(22)23/h5-12,14H,3-4,13H2,1-2H3,(H,21,24). The number of carbonyl (C=O) groups excluding carboxylic acids is 2. The van der Waals surface area contributed by atoms with Crippen molar-refractivity contribution in [2.24, 2.45) is 0 Å². The lowest BCUT2D eigenvalue weighted by molar-refractivity contribution is -0.117. The van der Waals surface area contributed by atoms with Crippen LogP contribution in [0.1, 0.15) is 41.7 Å². The van der Waals surface area contributed by atoms with Crippen LogP contribution >= 0.6 is 0 Å². The molecule has 2 aromatic rings. The Labute approximate surface area is 155 Å². The van der Waals surface area contributed by atoms with Crippen molar-refractivity contribution < 1.29 is 13.8 Å². The van der Waals surface area contributed by atoms with Gasteiger partial charge in [0.25, 0.3) is 5.91 Å². The fraction of sp³-hybridized carbons (Fsp3) is 0.300. The van der Waals surface area contributed by atoms with Crippen molar-refractivity contribution in [2.45, 2.75) is 30.7 Å². The van der Waals surface area contributed by atoms with E-state index in [9.17, 15) is 13.8 Å². The van der Waals surface area contributed by atoms with Crippen LogP contribution in [0.3, 0.4) is 0 Å². The second-order valence-electron chi connectivity index (χ2n) is 6.41. The molecule has 26 heavy (non-hydrogen) atoms. The number of hydrogen-bond donors (Lipinski definition) is 1. The molecular weight excluding hydrogens is 348 g/mol. The van der Waals surface area contributed by atoms with E-state index < -0.39 is 10.8 Å². The zero-order chi connectivity index (χ0) is 18.7. The molecular formula is C20H22N2O3S. The van der Waals surface area contributed by atoms with Gasteiger partial charge < -0.3 is 10.2 Å². The monoisotopic (exact) mass is 370 g/mol. The van der Waals surface area contributed by atoms with E-state index in [4.69, 9.17) is 0 Å². The van der Waals surface area contributed by atoms with Crippen LogP contribution in [-0.4, -0.2) is 28.8 Å². The average Bonchev–Trinajstić information content (AvgIpc) is 3.07. The van der Waals surface area contributed by atoms with Crippen LogP contribution in [0.5, 0.6) is 0 Å². The van der Waals surface area contributed by atoms with Crippen molar-refractivity contribution in [1.82, 2.24) is 5.32 Å². The van der Waals surface area contributed by atoms with Crippen molar-refractivity contribution in [3.63, 3.8) is 0 Å². The van der Waals surface area contributed by atoms with Gasteiger partial charge in [-0.25, -0.2) is 0 Å². The van der Waals surface area contributed by atoms with Crippen molar-refractivity contribution >= 4 is 28.3 Å². The molecule has 1 aliphatic heterocycles. The molecule has 1 aliphatic rings. The van der Waals surface area contributed by atoms with Gasteiger partial charge in [0.1, 0.15) is 0 Å². The molecule has 0 radical (unpaired) electrons. The Hall–Kier alpha value is -2.47. The van der Waals surface area contributed by atoms with Gasteiger partial charge in [-0.3, -0.25) is 13.8 Å². The highest BCUT2D eigenvalue weighted by Gasteiger charge is 2.21. The summed E-state index contributed by atoms with van der Waals surface area (Å²) in [6, 6.07) is 14.3. The lowest BCUT2D eigenvalue weighted by Gasteiger charge is -2.18. The van der Waals surface area contributed by atoms with E-state index in [1.807, 2.05) is 31.2 Å². The summed E-state index contributed by atoms with van der Waals surface area (Å²) in [4.78, 5) is 26.7. The Morgan fingerprint density at radius 1 is 1.12 bits per heavy atom. The highest BCUT2D eigenvalue weighted by Crippen LogP contribution is 2.23. The molecule has 0 aromatic heterocycles. The van der Waals surface area contributed by atoms with Crippen LogP contribution in [0, 0.1) is 0 Å². The molecule has 1 N–H and O–H groups in total. The smallest absolute Gasteiger partial charge is 0.251 e. The number of hydrogen-bond acceptors (Lipinski definition) is 3. The van der Waals surface area contributed by atoms with E-state index in [1.54, 1.807) is 35.4 Å². The Morgan fingerprint density at radius 2 is 1.77 bits per heavy atom. The molecule has 1 saturated heterocycles. The van der Waals surface area contributed by atoms with E-state index in [2.05, 4.69) is 5.32 Å². The van der Waals surface area contributed by atoms with Gasteiger partial charge in [0.15, 0.2) is 0 Å². The number of rotatable bonds is 5. The highest BCUT2D eigenvalue weighted by atomic mass is 32.2. The number of anilines is 1. The lowest BCUT2D eigenvalue weighted by atomic mass is 10.1. The van der Waals surface area contributed by atoms with E-state index in [0.717, 1.165) is 24.2 Å². The summed E-state index contributed by atoms with van der Waals surface area (Å²) in [5, 5.41) is 2.96. The fourth-order valence-electron chi connectivity index (χ4n) is 3.03. The molecule has 3 rings (SSSR count). The first-order valence-electron chi connectivity index (χ1n) is 8.60. The Morgan fingerprint density at radius 3 is 2.31 bits per heavy atom. The van der Waals surface area contributed by atoms with Crippen LogP contribution in [0.2, 0.25) is 0 Å². The largest absolute Gasteiger partial charge is 0.346 e. The maximum absolute atomic E-state index is 12.4. The maximum atomic E-state index is 12.4. The van der Waals surface area contributed by atoms with E-state index >= 15 is 0 Å². The van der Waals surface area contributed by atoms with Crippen LogP contribution in [0.4, 0.5) is 5.69 Å². The van der Waals surface area contributed by atoms with Crippen molar-refractivity contribution in [3.05, 3.63) is 59.7 Å². The van der Waals surface area contributed by atoms with E-state index in [0.29, 0.717) is 16.9 Å². The molecule has 1 heterocycles. The van der Waals surface area contributed by atoms with Gasteiger partial charge in [0.05, 0.1) is 6.04 Å². The third-order valence-electron chi connectivity index (χ3n) is 4.57. The molecule has 2 amide bonds. The number of carbonyl (C=O) groups is 2. The summed E-state index contributed by atoms with van der Waals surface area (Å²) in [5.41, 5.74) is 2.41. The van der Waals surface area contributed by atoms with Crippen LogP contribution in [0.15, 0.2) is 53.4 Å². The quantitative estimate of drug-likeness (QED) is 0.880. The minimum Gasteiger partial charge on any atom is -0.346 e. The minimum atomic E-state index is -1.06. The number of benzene rings is 2. The maximum Gasteiger partial charge on any atom is 0.251 e. The van der Waals surface area contributed by atoms with Crippen molar-refractivity contribution in [2.75, 3.05) is 17.7 Å². The first kappa shape index (κ1) is 18.3. The predicted octanol–water partition coefficient (Wildman–Crippen LogP) is 3.04. The zero-order valence-corrected chi connectivity index (χ0v) is 15.7. The molecule has 0 saturated carbocycles. The second kappa shape index (κ2) is 7.83. The minimum absolute atomic E-state index is 0.161. The zero-order valence-electron chi connectivity index (χ0n) is 14.9. The number of nitrogens with zero attached hydrogens (tertiary/aromatic N) is 1. The van der Waals surface area contributed by atoms with Crippen LogP contribution < -0.4 is 10.2 Å². The summed E-state index contributed by atoms with van der Waals surface area (Å²) in [6.45, 7) is 2.69. The first-order valence-corrected chi connectivity index (χ1v) is 10.2. The molecule has 2 atom stereocenters. The van der Waals surface area contributed by atoms with Gasteiger partial charge >= 0.3 is 0 Å². The molecule has 1 fully saturated rings. The lowest BCUT2D eigenvalue weighted by Crippen LogP contribution is -2.27. The predicted molar refractivity (Wildman–Crippen MR) is 103 cm³/mol. The molecule has 6 heteroatoms. The summed E-state index contributed by atoms with van der Waals surface area (Å²) >= 11 is 0. The van der Waals surface area contributed by atoms with E-state index in [1.165, 1.54) is 0 Å². The van der Waals surface area contributed by atoms with Crippen molar-refractivity contribution in [3.8, 4) is 0 Å². The SMILES string of the molecule is CC(NC(=O)c1ccc(S(C)=O)cc1)c1ccc(N2CCCC2=O)cc1. The molecule has 136 valence electrons. The molecule has 5 nitrogen and oxygen atoms in total. The van der Waals surface area contributed by atoms with Crippen LogP contribution in [-0.2, 0) is 15.6 Å². The molecule has 0 bridgehead atoms. The van der Waals surface area contributed by atoms with Gasteiger partial charge in [-0.2, -0.15) is 0 Å². The van der Waals surface area contributed by atoms with Gasteiger partial charge in [-0.05, 0) is 55.3 Å². The third kappa shape index (κ3) is 4.02. The molecule has 2 unspecified atom stereocenters. The van der Waals surface area contributed by atoms with Gasteiger partial charge in [-0.15, -0.1) is 0 Å². The summed E-state index contributed by atoms with van der Waals surface area (Å²) in [7, 11) is -1.06. The summed E-state index contributed by atoms with van der Waals surface area (Å²) in [5.74, 6) is -0.0136. The molecule has 0 spiro atoms. The van der Waals surface area contributed by atoms with Gasteiger partial charge in [0, 0.05) is 46.2 Å². The Kier molecular flexibility index (Phi) is 5.52. The Balaban J connectivity index is 1.65. The third-order valence-corrected chi connectivity index (χ3v) is 5.51. The van der Waals surface area contributed by atoms with Crippen molar-refractivity contribution in [1.29, 1.82) is 0 Å². The first-order chi connectivity index (χ1) is 12.5. The summed E-state index contributed by atoms with van der Waals surface area (Å²) in [6.07, 6.45) is 3.12. The second-order valence-corrected chi connectivity index (χ2v) is 7.79. The number of amides is 2.